The van der Waals surface area contributed by atoms with E-state index in [2.05, 4.69) is 27.7 Å². The molecule has 5 nitrogen and oxygen atoms in total. The van der Waals surface area contributed by atoms with Crippen LogP contribution in [0.5, 0.6) is 0 Å². The first-order chi connectivity index (χ1) is 8.56. The largest absolute Gasteiger partial charge is 0.440 e. The monoisotopic (exact) mass is 377 g/mol. The van der Waals surface area contributed by atoms with Crippen LogP contribution in [-0.2, 0) is 0 Å². The van der Waals surface area contributed by atoms with E-state index in [9.17, 15) is 4.79 Å². The quantitative estimate of drug-likeness (QED) is 0.756. The van der Waals surface area contributed by atoms with Crippen LogP contribution in [0.4, 0.5) is 10.5 Å². The molecule has 0 atom stereocenters. The summed E-state index contributed by atoms with van der Waals surface area (Å²) in [7, 11) is 1.60. The van der Waals surface area contributed by atoms with Gasteiger partial charge in [0, 0.05) is 17.8 Å². The van der Waals surface area contributed by atoms with Gasteiger partial charge < -0.3 is 0 Å². The predicted molar refractivity (Wildman–Crippen MR) is 76.8 cm³/mol. The molecule has 1 aromatic heterocycles. The maximum Gasteiger partial charge on any atom is 0.440 e. The van der Waals surface area contributed by atoms with Crippen molar-refractivity contribution in [3.63, 3.8) is 0 Å². The van der Waals surface area contributed by atoms with Crippen LogP contribution in [0.2, 0.25) is 5.02 Å². The number of nitrogens with zero attached hydrogens (tertiary/aromatic N) is 3. The summed E-state index contributed by atoms with van der Waals surface area (Å²) in [6, 6.07) is 6.94. The molecule has 0 radical (unpaired) electrons. The first-order valence-corrected chi connectivity index (χ1v) is 6.44. The second kappa shape index (κ2) is 5.57. The highest BCUT2D eigenvalue weighted by molar-refractivity contribution is 14.1. The summed E-state index contributed by atoms with van der Waals surface area (Å²) < 4.78 is 0.880. The van der Waals surface area contributed by atoms with E-state index in [0.29, 0.717) is 10.7 Å². The molecule has 0 spiro atoms. The van der Waals surface area contributed by atoms with Crippen LogP contribution in [0.25, 0.3) is 0 Å². The minimum Gasteiger partial charge on any atom is -0.299 e. The Labute approximate surface area is 122 Å². The Hall–Kier alpha value is -1.28. The number of halogens is 2. The number of anilines is 1. The van der Waals surface area contributed by atoms with Gasteiger partial charge in [0.2, 0.25) is 0 Å². The van der Waals surface area contributed by atoms with Crippen molar-refractivity contribution in [1.29, 1.82) is 0 Å². The van der Waals surface area contributed by atoms with Crippen molar-refractivity contribution >= 4 is 46.0 Å². The fourth-order valence-electron chi connectivity index (χ4n) is 1.27. The van der Waals surface area contributed by atoms with Gasteiger partial charge in [0.05, 0.1) is 16.0 Å². The molecule has 0 N–H and O–H groups in total. The Morgan fingerprint density at radius 2 is 2.33 bits per heavy atom. The van der Waals surface area contributed by atoms with Crippen LogP contribution in [0, 0.1) is 3.57 Å². The van der Waals surface area contributed by atoms with Gasteiger partial charge in [0.1, 0.15) is 0 Å². The molecule has 0 fully saturated rings. The Morgan fingerprint density at radius 1 is 1.56 bits per heavy atom. The molecular formula is C11H9ClIN3O2. The Balaban J connectivity index is 2.09. The molecule has 1 heterocycles. The molecule has 0 aliphatic heterocycles. The zero-order valence-electron chi connectivity index (χ0n) is 9.38. The molecule has 1 aromatic carbocycles. The van der Waals surface area contributed by atoms with Crippen molar-refractivity contribution in [2.45, 2.75) is 0 Å². The molecule has 18 heavy (non-hydrogen) atoms. The van der Waals surface area contributed by atoms with E-state index in [4.69, 9.17) is 16.4 Å². The third kappa shape index (κ3) is 3.14. The van der Waals surface area contributed by atoms with E-state index in [0.717, 1.165) is 8.42 Å². The second-order valence-corrected chi connectivity index (χ2v) is 5.14. The summed E-state index contributed by atoms with van der Waals surface area (Å²) in [6.45, 7) is 0. The van der Waals surface area contributed by atoms with Crippen LogP contribution < -0.4 is 9.74 Å². The van der Waals surface area contributed by atoms with Gasteiger partial charge in [-0.25, -0.2) is 4.79 Å². The lowest BCUT2D eigenvalue weighted by Crippen LogP contribution is -2.34. The normalized spacial score (nSPS) is 10.2. The van der Waals surface area contributed by atoms with E-state index >= 15 is 0 Å². The fraction of sp³-hybridized carbons (Fsp3) is 0.0909. The standard InChI is InChI=1S/C11H9ClIN3O2/c1-15(10-4-2-3-8(12)5-10)11(17)18-16-7-9(13)6-14-16/h2-7H,1H3. The lowest BCUT2D eigenvalue weighted by atomic mass is 10.3. The Morgan fingerprint density at radius 3 is 2.94 bits per heavy atom. The number of rotatable bonds is 2. The van der Waals surface area contributed by atoms with Crippen LogP contribution in [0.3, 0.4) is 0 Å². The summed E-state index contributed by atoms with van der Waals surface area (Å²) in [6.07, 6.45) is 2.65. The highest BCUT2D eigenvalue weighted by Gasteiger charge is 2.14. The lowest BCUT2D eigenvalue weighted by Gasteiger charge is -2.16. The molecular weight excluding hydrogens is 368 g/mol. The number of hydrogen-bond acceptors (Lipinski definition) is 3. The molecule has 0 saturated carbocycles. The van der Waals surface area contributed by atoms with Gasteiger partial charge in [0.25, 0.3) is 0 Å². The van der Waals surface area contributed by atoms with Crippen LogP contribution >= 0.6 is 34.2 Å². The molecule has 1 amide bonds. The predicted octanol–water partition coefficient (Wildman–Crippen LogP) is 2.83. The molecule has 2 rings (SSSR count). The molecule has 0 aliphatic rings. The van der Waals surface area contributed by atoms with E-state index in [1.807, 2.05) is 0 Å². The summed E-state index contributed by atoms with van der Waals surface area (Å²) in [5, 5.41) is 4.42. The summed E-state index contributed by atoms with van der Waals surface area (Å²) in [5.41, 5.74) is 0.648. The number of carbonyl (C=O) groups excluding carboxylic acids is 1. The zero-order valence-corrected chi connectivity index (χ0v) is 12.3. The minimum absolute atomic E-state index is 0.545. The number of amides is 1. The molecule has 7 heteroatoms. The van der Waals surface area contributed by atoms with Crippen molar-refractivity contribution in [1.82, 2.24) is 9.94 Å². The molecule has 2 aromatic rings. The number of carbonyl (C=O) groups is 1. The number of benzene rings is 1. The van der Waals surface area contributed by atoms with E-state index in [-0.39, 0.29) is 0 Å². The van der Waals surface area contributed by atoms with Crippen molar-refractivity contribution in [2.75, 3.05) is 11.9 Å². The average molecular weight is 378 g/mol. The number of aromatic nitrogens is 2. The van der Waals surface area contributed by atoms with E-state index in [1.165, 1.54) is 4.90 Å². The van der Waals surface area contributed by atoms with Crippen molar-refractivity contribution < 1.29 is 9.63 Å². The fourth-order valence-corrected chi connectivity index (χ4v) is 1.81. The van der Waals surface area contributed by atoms with E-state index < -0.39 is 6.09 Å². The second-order valence-electron chi connectivity index (χ2n) is 3.46. The first-order valence-electron chi connectivity index (χ1n) is 4.98. The molecule has 0 unspecified atom stereocenters. The van der Waals surface area contributed by atoms with Gasteiger partial charge in [-0.2, -0.15) is 0 Å². The molecule has 0 bridgehead atoms. The van der Waals surface area contributed by atoms with Gasteiger partial charge in [-0.05, 0) is 40.8 Å². The molecule has 0 saturated heterocycles. The third-order valence-electron chi connectivity index (χ3n) is 2.17. The number of hydrogen-bond donors (Lipinski definition) is 0. The van der Waals surface area contributed by atoms with Crippen molar-refractivity contribution in [2.24, 2.45) is 0 Å². The molecule has 94 valence electrons. The maximum atomic E-state index is 11.8. The van der Waals surface area contributed by atoms with Gasteiger partial charge in [-0.15, -0.1) is 5.10 Å². The van der Waals surface area contributed by atoms with Crippen molar-refractivity contribution in [3.8, 4) is 0 Å². The maximum absolute atomic E-state index is 11.8. The van der Waals surface area contributed by atoms with E-state index in [1.54, 1.807) is 43.7 Å². The summed E-state index contributed by atoms with van der Waals surface area (Å²) in [4.78, 5) is 19.3. The third-order valence-corrected chi connectivity index (χ3v) is 2.96. The van der Waals surface area contributed by atoms with Crippen molar-refractivity contribution in [3.05, 3.63) is 45.3 Å². The first kappa shape index (κ1) is 13.2. The highest BCUT2D eigenvalue weighted by atomic mass is 127. The molecule has 0 aliphatic carbocycles. The Bertz CT molecular complexity index is 573. The SMILES string of the molecule is CN(C(=O)On1cc(I)cn1)c1cccc(Cl)c1. The van der Waals surface area contributed by atoms with Crippen LogP contribution in [0.1, 0.15) is 0 Å². The minimum atomic E-state index is -0.545. The average Bonchev–Trinajstić information content (AvgIpc) is 2.73. The Kier molecular flexibility index (Phi) is 4.07. The smallest absolute Gasteiger partial charge is 0.299 e. The van der Waals surface area contributed by atoms with Crippen LogP contribution in [0.15, 0.2) is 36.7 Å². The van der Waals surface area contributed by atoms with Gasteiger partial charge in [-0.1, -0.05) is 22.5 Å². The van der Waals surface area contributed by atoms with Gasteiger partial charge in [-0.3, -0.25) is 9.74 Å². The lowest BCUT2D eigenvalue weighted by molar-refractivity contribution is 0.124. The zero-order chi connectivity index (χ0) is 13.1. The van der Waals surface area contributed by atoms with Crippen LogP contribution in [-0.4, -0.2) is 23.1 Å². The van der Waals surface area contributed by atoms with Gasteiger partial charge >= 0.3 is 6.09 Å². The summed E-state index contributed by atoms with van der Waals surface area (Å²) >= 11 is 7.93. The topological polar surface area (TPSA) is 47.4 Å². The highest BCUT2D eigenvalue weighted by Crippen LogP contribution is 2.18. The summed E-state index contributed by atoms with van der Waals surface area (Å²) in [5.74, 6) is 0. The van der Waals surface area contributed by atoms with Gasteiger partial charge in [0.15, 0.2) is 0 Å².